The number of aromatic nitrogens is 3. The molecule has 3 fully saturated rings. The van der Waals surface area contributed by atoms with Gasteiger partial charge in [0.15, 0.2) is 5.75 Å². The molecule has 2 unspecified atom stereocenters. The molecule has 4 atom stereocenters. The molecular formula is C42H43FN6O6. The molecule has 2 aliphatic carbocycles. The highest BCUT2D eigenvalue weighted by molar-refractivity contribution is 5.99. The van der Waals surface area contributed by atoms with Crippen molar-refractivity contribution >= 4 is 17.6 Å². The highest BCUT2D eigenvalue weighted by Crippen LogP contribution is 2.52. The molecule has 4 aliphatic rings. The molecule has 55 heavy (non-hydrogen) atoms. The van der Waals surface area contributed by atoms with E-state index in [1.165, 1.54) is 23.4 Å². The van der Waals surface area contributed by atoms with Crippen LogP contribution in [0.3, 0.4) is 0 Å². The predicted octanol–water partition coefficient (Wildman–Crippen LogP) is 5.80. The number of benzene rings is 2. The van der Waals surface area contributed by atoms with Crippen molar-refractivity contribution < 1.29 is 28.6 Å². The number of nitrogens with one attached hydrogen (secondary N) is 1. The van der Waals surface area contributed by atoms with E-state index in [-0.39, 0.29) is 42.2 Å². The van der Waals surface area contributed by atoms with E-state index in [9.17, 15) is 23.9 Å². The first-order chi connectivity index (χ1) is 26.8. The maximum Gasteiger partial charge on any atom is 0.271 e. The highest BCUT2D eigenvalue weighted by Gasteiger charge is 2.38. The number of hydrogen-bond donors (Lipinski definition) is 2. The molecule has 1 saturated carbocycles. The van der Waals surface area contributed by atoms with Crippen LogP contribution in [-0.4, -0.2) is 75.9 Å². The van der Waals surface area contributed by atoms with Gasteiger partial charge in [0, 0.05) is 57.5 Å². The van der Waals surface area contributed by atoms with Crippen molar-refractivity contribution in [1.82, 2.24) is 25.0 Å². The number of halogens is 1. The number of fused-ring (bicyclic) bond motifs is 1. The first-order valence-electron chi connectivity index (χ1n) is 18.9. The number of ether oxygens (including phenoxy) is 2. The van der Waals surface area contributed by atoms with Gasteiger partial charge in [0.2, 0.25) is 5.91 Å². The van der Waals surface area contributed by atoms with Gasteiger partial charge in [0.1, 0.15) is 35.8 Å². The topological polar surface area (TPSA) is 139 Å². The van der Waals surface area contributed by atoms with Crippen LogP contribution in [0.4, 0.5) is 10.2 Å². The lowest BCUT2D eigenvalue weighted by Crippen LogP contribution is -2.47. The molecule has 0 bridgehead atoms. The largest absolute Gasteiger partial charge is 0.512 e. The van der Waals surface area contributed by atoms with Crippen LogP contribution in [-0.2, 0) is 9.59 Å². The molecule has 4 aromatic rings. The molecule has 2 N–H and O–H groups in total. The van der Waals surface area contributed by atoms with Crippen LogP contribution in [0.2, 0.25) is 0 Å². The van der Waals surface area contributed by atoms with Gasteiger partial charge in [-0.25, -0.2) is 14.1 Å². The van der Waals surface area contributed by atoms with E-state index < -0.39 is 17.5 Å². The van der Waals surface area contributed by atoms with Crippen molar-refractivity contribution in [2.45, 2.75) is 50.0 Å². The summed E-state index contributed by atoms with van der Waals surface area (Å²) in [5.41, 5.74) is 3.17. The van der Waals surface area contributed by atoms with Gasteiger partial charge in [0.25, 0.3) is 11.5 Å². The number of imide groups is 1. The molecule has 2 saturated heterocycles. The highest BCUT2D eigenvalue weighted by atomic mass is 19.1. The van der Waals surface area contributed by atoms with Crippen molar-refractivity contribution in [3.8, 4) is 17.2 Å². The number of nitrogens with zero attached hydrogens (tertiary/aromatic N) is 5. The van der Waals surface area contributed by atoms with E-state index in [1.807, 2.05) is 36.4 Å². The van der Waals surface area contributed by atoms with E-state index in [0.29, 0.717) is 30.5 Å². The third-order valence-corrected chi connectivity index (χ3v) is 11.2. The summed E-state index contributed by atoms with van der Waals surface area (Å²) in [5.74, 6) is 2.32. The molecule has 13 heteroatoms. The molecule has 0 radical (unpaired) electrons. The normalized spacial score (nSPS) is 23.0. The fraction of sp³-hybridized carbons (Fsp3) is 0.357. The molecule has 2 aliphatic heterocycles. The summed E-state index contributed by atoms with van der Waals surface area (Å²) in [5, 5.41) is 16.6. The number of aliphatic hydroxyl groups excluding tert-OH is 1. The Balaban J connectivity index is 0.815. The van der Waals surface area contributed by atoms with Crippen LogP contribution in [0.15, 0.2) is 107 Å². The van der Waals surface area contributed by atoms with Crippen LogP contribution in [0.5, 0.6) is 17.2 Å². The van der Waals surface area contributed by atoms with Crippen molar-refractivity contribution in [1.29, 1.82) is 0 Å². The third-order valence-electron chi connectivity index (χ3n) is 11.2. The van der Waals surface area contributed by atoms with Gasteiger partial charge in [-0.2, -0.15) is 5.10 Å². The van der Waals surface area contributed by atoms with Crippen molar-refractivity contribution in [2.24, 2.45) is 5.92 Å². The molecular weight excluding hydrogens is 703 g/mol. The average Bonchev–Trinajstić information content (AvgIpc) is 3.19. The fourth-order valence-electron chi connectivity index (χ4n) is 8.29. The average molecular weight is 747 g/mol. The Bertz CT molecular complexity index is 2140. The predicted molar refractivity (Wildman–Crippen MR) is 203 cm³/mol. The molecule has 12 nitrogen and oxygen atoms in total. The molecule has 4 heterocycles. The van der Waals surface area contributed by atoms with Crippen molar-refractivity contribution in [2.75, 3.05) is 44.2 Å². The van der Waals surface area contributed by atoms with E-state index in [4.69, 9.17) is 9.47 Å². The van der Waals surface area contributed by atoms with Gasteiger partial charge in [-0.05, 0) is 84.7 Å². The fourth-order valence-corrected chi connectivity index (χ4v) is 8.29. The Morgan fingerprint density at radius 2 is 1.60 bits per heavy atom. The summed E-state index contributed by atoms with van der Waals surface area (Å²) in [6.07, 6.45) is 9.89. The van der Waals surface area contributed by atoms with Gasteiger partial charge in [-0.1, -0.05) is 35.9 Å². The molecule has 2 aromatic carbocycles. The number of pyridine rings is 1. The van der Waals surface area contributed by atoms with Gasteiger partial charge >= 0.3 is 0 Å². The number of carbonyl (C=O) groups excluding carboxylic acids is 2. The van der Waals surface area contributed by atoms with Crippen LogP contribution >= 0.6 is 0 Å². The first kappa shape index (κ1) is 36.2. The summed E-state index contributed by atoms with van der Waals surface area (Å²) >= 11 is 0. The monoisotopic (exact) mass is 746 g/mol. The van der Waals surface area contributed by atoms with Gasteiger partial charge in [-0.3, -0.25) is 24.6 Å². The van der Waals surface area contributed by atoms with Crippen LogP contribution in [0.25, 0.3) is 0 Å². The number of piperidine rings is 1. The minimum absolute atomic E-state index is 0.145. The Morgan fingerprint density at radius 1 is 0.836 bits per heavy atom. The Morgan fingerprint density at radius 3 is 2.33 bits per heavy atom. The zero-order valence-corrected chi connectivity index (χ0v) is 30.4. The minimum Gasteiger partial charge on any atom is -0.512 e. The maximum atomic E-state index is 13.8. The quantitative estimate of drug-likeness (QED) is 0.192. The number of carbonyl (C=O) groups is 2. The third kappa shape index (κ3) is 8.16. The summed E-state index contributed by atoms with van der Waals surface area (Å²) in [7, 11) is 0. The number of piperazine rings is 1. The van der Waals surface area contributed by atoms with Gasteiger partial charge < -0.3 is 19.5 Å². The summed E-state index contributed by atoms with van der Waals surface area (Å²) in [6.45, 7) is 4.71. The second-order valence-electron chi connectivity index (χ2n) is 14.6. The van der Waals surface area contributed by atoms with Crippen LogP contribution in [0.1, 0.15) is 61.1 Å². The number of aliphatic hydroxyl groups is 1. The SMILES string of the molecule is O=C1CCC(n2ncc(Oc3ccc(N4CCN(CCOc5ccc([C@@H]6C7=CC=C(O)CC7CC[C@@H]6c6ccc(F)cc6)cc5)CC4)nc3)cc2=O)C(=O)N1. The lowest BCUT2D eigenvalue weighted by atomic mass is 9.64. The zero-order valence-electron chi connectivity index (χ0n) is 30.4. The molecule has 2 amide bonds. The number of allylic oxidation sites excluding steroid dienone is 4. The van der Waals surface area contributed by atoms with Gasteiger partial charge in [0.05, 0.1) is 18.2 Å². The number of rotatable bonds is 10. The van der Waals surface area contributed by atoms with Crippen LogP contribution in [0, 0.1) is 11.7 Å². The molecule has 284 valence electrons. The number of hydrogen-bond acceptors (Lipinski definition) is 10. The second-order valence-corrected chi connectivity index (χ2v) is 14.6. The Kier molecular flexibility index (Phi) is 10.4. The Hall–Kier alpha value is -5.82. The van der Waals surface area contributed by atoms with E-state index >= 15 is 0 Å². The van der Waals surface area contributed by atoms with Crippen molar-refractivity contribution in [3.63, 3.8) is 0 Å². The molecule has 0 spiro atoms. The van der Waals surface area contributed by atoms with E-state index in [1.54, 1.807) is 24.4 Å². The van der Waals surface area contributed by atoms with Crippen LogP contribution < -0.4 is 25.2 Å². The number of amides is 2. The number of anilines is 1. The Labute approximate surface area is 317 Å². The smallest absolute Gasteiger partial charge is 0.271 e. The lowest BCUT2D eigenvalue weighted by molar-refractivity contribution is -0.136. The summed E-state index contributed by atoms with van der Waals surface area (Å²) < 4.78 is 26.9. The molecule has 8 rings (SSSR count). The summed E-state index contributed by atoms with van der Waals surface area (Å²) in [6, 6.07) is 19.4. The minimum atomic E-state index is -0.832. The maximum absolute atomic E-state index is 13.8. The molecule has 2 aromatic heterocycles. The van der Waals surface area contributed by atoms with Crippen molar-refractivity contribution in [3.05, 3.63) is 130 Å². The second kappa shape index (κ2) is 15.9. The summed E-state index contributed by atoms with van der Waals surface area (Å²) in [4.78, 5) is 45.4. The van der Waals surface area contributed by atoms with Gasteiger partial charge in [-0.15, -0.1) is 0 Å². The van der Waals surface area contributed by atoms with E-state index in [0.717, 1.165) is 67.4 Å². The lowest BCUT2D eigenvalue weighted by Gasteiger charge is -2.41. The first-order valence-corrected chi connectivity index (χ1v) is 18.9. The van der Waals surface area contributed by atoms with E-state index in [2.05, 4.69) is 43.4 Å². The zero-order chi connectivity index (χ0) is 37.9. The standard InChI is InChI=1S/C42H43FN6O6/c43-30-6-1-27(2-7-30)35-12-5-29-23-31(50)8-13-36(29)41(35)28-3-9-32(10-4-28)54-22-21-47-17-19-48(20-18-47)38-15-11-33(25-44-38)55-34-24-40(52)49(45-26-34)37-14-16-39(51)46-42(37)53/h1-4,6-11,13,15,24-26,29,35,37,41,50H,5,12,14,16-23H2,(H,46,51,53)/t29?,35-,37?,41+/m1/s1.